The van der Waals surface area contributed by atoms with Crippen molar-refractivity contribution >= 4 is 11.7 Å². The first-order valence-corrected chi connectivity index (χ1v) is 4.60. The van der Waals surface area contributed by atoms with E-state index in [1.165, 1.54) is 0 Å². The summed E-state index contributed by atoms with van der Waals surface area (Å²) >= 11 is 0. The maximum absolute atomic E-state index is 11.0. The molecule has 0 spiro atoms. The van der Waals surface area contributed by atoms with Gasteiger partial charge < -0.3 is 10.8 Å². The number of hydrogen-bond acceptors (Lipinski definition) is 2. The molecule has 1 aromatic rings. The van der Waals surface area contributed by atoms with Gasteiger partial charge in [0.25, 0.3) is 0 Å². The third kappa shape index (κ3) is 2.25. The van der Waals surface area contributed by atoms with E-state index in [4.69, 9.17) is 10.8 Å². The van der Waals surface area contributed by atoms with Gasteiger partial charge in [0, 0.05) is 5.69 Å². The molecule has 76 valence electrons. The van der Waals surface area contributed by atoms with Gasteiger partial charge >= 0.3 is 5.97 Å². The van der Waals surface area contributed by atoms with Crippen LogP contribution in [-0.4, -0.2) is 11.1 Å². The van der Waals surface area contributed by atoms with E-state index in [-0.39, 0.29) is 5.92 Å². The zero-order chi connectivity index (χ0) is 10.7. The summed E-state index contributed by atoms with van der Waals surface area (Å²) in [7, 11) is 0. The molecular weight excluding hydrogens is 178 g/mol. The number of carbonyl (C=O) groups is 1. The zero-order valence-corrected chi connectivity index (χ0v) is 8.40. The maximum Gasteiger partial charge on any atom is 0.311 e. The number of carboxylic acid groups (broad SMARTS) is 1. The standard InChI is InChI=1S/C11H15NO2/c1-7(2)10(11(13)14)8-3-5-9(12)6-4-8/h3-7,10H,12H2,1-2H3,(H,13,14)/t10-/m0/s1. The fourth-order valence-electron chi connectivity index (χ4n) is 1.52. The van der Waals surface area contributed by atoms with E-state index in [0.717, 1.165) is 5.56 Å². The first kappa shape index (κ1) is 10.6. The molecule has 1 rings (SSSR count). The average Bonchev–Trinajstić information content (AvgIpc) is 2.07. The molecule has 14 heavy (non-hydrogen) atoms. The van der Waals surface area contributed by atoms with E-state index in [0.29, 0.717) is 5.69 Å². The van der Waals surface area contributed by atoms with E-state index in [1.54, 1.807) is 24.3 Å². The maximum atomic E-state index is 11.0. The normalized spacial score (nSPS) is 12.8. The van der Waals surface area contributed by atoms with Crippen molar-refractivity contribution in [1.29, 1.82) is 0 Å². The highest BCUT2D eigenvalue weighted by molar-refractivity contribution is 5.76. The molecule has 0 unspecified atom stereocenters. The Hall–Kier alpha value is -1.51. The molecule has 1 atom stereocenters. The van der Waals surface area contributed by atoms with Crippen LogP contribution in [0, 0.1) is 5.92 Å². The number of nitrogen functional groups attached to an aromatic ring is 1. The number of benzene rings is 1. The Morgan fingerprint density at radius 3 is 2.14 bits per heavy atom. The van der Waals surface area contributed by atoms with Crippen LogP contribution in [0.3, 0.4) is 0 Å². The topological polar surface area (TPSA) is 63.3 Å². The minimum atomic E-state index is -0.787. The molecule has 0 aliphatic rings. The Labute approximate surface area is 83.6 Å². The van der Waals surface area contributed by atoms with Crippen molar-refractivity contribution in [3.05, 3.63) is 29.8 Å². The fraction of sp³-hybridized carbons (Fsp3) is 0.364. The third-order valence-electron chi connectivity index (χ3n) is 2.23. The van der Waals surface area contributed by atoms with Gasteiger partial charge in [-0.3, -0.25) is 4.79 Å². The van der Waals surface area contributed by atoms with Gasteiger partial charge in [-0.05, 0) is 23.6 Å². The quantitative estimate of drug-likeness (QED) is 0.722. The van der Waals surface area contributed by atoms with Crippen LogP contribution in [0.15, 0.2) is 24.3 Å². The number of hydrogen-bond donors (Lipinski definition) is 2. The van der Waals surface area contributed by atoms with E-state index >= 15 is 0 Å². The third-order valence-corrected chi connectivity index (χ3v) is 2.23. The number of aliphatic carboxylic acids is 1. The molecule has 0 fully saturated rings. The van der Waals surface area contributed by atoms with Gasteiger partial charge in [0.2, 0.25) is 0 Å². The average molecular weight is 193 g/mol. The molecule has 0 saturated heterocycles. The Kier molecular flexibility index (Phi) is 3.12. The van der Waals surface area contributed by atoms with Gasteiger partial charge in [-0.1, -0.05) is 26.0 Å². The highest BCUT2D eigenvalue weighted by atomic mass is 16.4. The summed E-state index contributed by atoms with van der Waals surface area (Å²) < 4.78 is 0. The first-order chi connectivity index (χ1) is 6.52. The number of nitrogens with two attached hydrogens (primary N) is 1. The van der Waals surface area contributed by atoms with Gasteiger partial charge in [-0.2, -0.15) is 0 Å². The van der Waals surface area contributed by atoms with Crippen molar-refractivity contribution in [3.8, 4) is 0 Å². The lowest BCUT2D eigenvalue weighted by molar-refractivity contribution is -0.139. The molecule has 0 bridgehead atoms. The SMILES string of the molecule is CC(C)[C@H](C(=O)O)c1ccc(N)cc1. The number of carboxylic acids is 1. The fourth-order valence-corrected chi connectivity index (χ4v) is 1.52. The lowest BCUT2D eigenvalue weighted by atomic mass is 9.88. The molecule has 0 radical (unpaired) electrons. The van der Waals surface area contributed by atoms with Crippen molar-refractivity contribution in [1.82, 2.24) is 0 Å². The Bertz CT molecular complexity index is 317. The van der Waals surface area contributed by atoms with Gasteiger partial charge in [0.05, 0.1) is 5.92 Å². The van der Waals surface area contributed by atoms with Crippen molar-refractivity contribution < 1.29 is 9.90 Å². The van der Waals surface area contributed by atoms with Gasteiger partial charge in [-0.15, -0.1) is 0 Å². The summed E-state index contributed by atoms with van der Waals surface area (Å²) in [5, 5.41) is 9.04. The molecule has 0 amide bonds. The van der Waals surface area contributed by atoms with Crippen LogP contribution in [0.2, 0.25) is 0 Å². The predicted octanol–water partition coefficient (Wildman–Crippen LogP) is 2.09. The number of anilines is 1. The molecule has 3 N–H and O–H groups in total. The molecule has 3 heteroatoms. The van der Waals surface area contributed by atoms with Gasteiger partial charge in [0.15, 0.2) is 0 Å². The summed E-state index contributed by atoms with van der Waals surface area (Å²) in [6.07, 6.45) is 0. The highest BCUT2D eigenvalue weighted by Crippen LogP contribution is 2.25. The summed E-state index contributed by atoms with van der Waals surface area (Å²) in [4.78, 5) is 11.0. The van der Waals surface area contributed by atoms with E-state index in [2.05, 4.69) is 0 Å². The largest absolute Gasteiger partial charge is 0.481 e. The smallest absolute Gasteiger partial charge is 0.311 e. The lowest BCUT2D eigenvalue weighted by Crippen LogP contribution is -2.17. The minimum absolute atomic E-state index is 0.0797. The Balaban J connectivity index is 3.00. The van der Waals surface area contributed by atoms with Gasteiger partial charge in [0.1, 0.15) is 0 Å². The van der Waals surface area contributed by atoms with Crippen LogP contribution in [0.25, 0.3) is 0 Å². The van der Waals surface area contributed by atoms with Crippen molar-refractivity contribution in [2.24, 2.45) is 5.92 Å². The minimum Gasteiger partial charge on any atom is -0.481 e. The second-order valence-corrected chi connectivity index (χ2v) is 3.73. The molecule has 0 saturated carbocycles. The van der Waals surface area contributed by atoms with Crippen LogP contribution >= 0.6 is 0 Å². The van der Waals surface area contributed by atoms with Gasteiger partial charge in [-0.25, -0.2) is 0 Å². The molecule has 0 aromatic heterocycles. The predicted molar refractivity (Wildman–Crippen MR) is 56.1 cm³/mol. The molecule has 0 heterocycles. The zero-order valence-electron chi connectivity index (χ0n) is 8.40. The molecule has 1 aromatic carbocycles. The van der Waals surface area contributed by atoms with Crippen molar-refractivity contribution in [3.63, 3.8) is 0 Å². The Morgan fingerprint density at radius 1 is 1.29 bits per heavy atom. The summed E-state index contributed by atoms with van der Waals surface area (Å²) in [5.41, 5.74) is 6.99. The number of rotatable bonds is 3. The Morgan fingerprint density at radius 2 is 1.79 bits per heavy atom. The molecule has 0 aliphatic carbocycles. The monoisotopic (exact) mass is 193 g/mol. The molecule has 3 nitrogen and oxygen atoms in total. The lowest BCUT2D eigenvalue weighted by Gasteiger charge is -2.16. The van der Waals surface area contributed by atoms with Crippen LogP contribution in [0.5, 0.6) is 0 Å². The molecular formula is C11H15NO2. The van der Waals surface area contributed by atoms with Crippen LogP contribution < -0.4 is 5.73 Å². The van der Waals surface area contributed by atoms with Crippen LogP contribution in [0.1, 0.15) is 25.3 Å². The molecule has 0 aliphatic heterocycles. The summed E-state index contributed by atoms with van der Waals surface area (Å²) in [6.45, 7) is 3.80. The van der Waals surface area contributed by atoms with Crippen molar-refractivity contribution in [2.75, 3.05) is 5.73 Å². The second kappa shape index (κ2) is 4.13. The van der Waals surface area contributed by atoms with E-state index in [9.17, 15) is 4.79 Å². The van der Waals surface area contributed by atoms with Crippen LogP contribution in [0.4, 0.5) is 5.69 Å². The highest BCUT2D eigenvalue weighted by Gasteiger charge is 2.22. The first-order valence-electron chi connectivity index (χ1n) is 4.60. The second-order valence-electron chi connectivity index (χ2n) is 3.73. The van der Waals surface area contributed by atoms with E-state index in [1.807, 2.05) is 13.8 Å². The van der Waals surface area contributed by atoms with E-state index < -0.39 is 11.9 Å². The summed E-state index contributed by atoms with van der Waals surface area (Å²) in [5.74, 6) is -1.16. The summed E-state index contributed by atoms with van der Waals surface area (Å²) in [6, 6.07) is 7.00. The van der Waals surface area contributed by atoms with Crippen LogP contribution in [-0.2, 0) is 4.79 Å². The van der Waals surface area contributed by atoms with Crippen molar-refractivity contribution in [2.45, 2.75) is 19.8 Å².